The van der Waals surface area contributed by atoms with Crippen LogP contribution < -0.4 is 9.80 Å². The highest BCUT2D eigenvalue weighted by atomic mass is 15.7. The van der Waals surface area contributed by atoms with Crippen molar-refractivity contribution < 1.29 is 0 Å². The molecule has 8 nitrogen and oxygen atoms in total. The lowest BCUT2D eigenvalue weighted by molar-refractivity contribution is -0.207. The molecule has 0 amide bonds. The van der Waals surface area contributed by atoms with E-state index < -0.39 is 0 Å². The highest BCUT2D eigenvalue weighted by Gasteiger charge is 2.54. The predicted molar refractivity (Wildman–Crippen MR) is 116 cm³/mol. The molecule has 158 valence electrons. The summed E-state index contributed by atoms with van der Waals surface area (Å²) in [6.07, 6.45) is 4.65. The molecular weight excluding hydrogens is 376 g/mol. The molecule has 0 saturated carbocycles. The van der Waals surface area contributed by atoms with Gasteiger partial charge in [-0.25, -0.2) is 9.97 Å². The molecule has 4 unspecified atom stereocenters. The van der Waals surface area contributed by atoms with E-state index in [0.717, 1.165) is 51.4 Å². The molecular formula is C22H30N8. The molecule has 4 saturated heterocycles. The lowest BCUT2D eigenvalue weighted by atomic mass is 9.99. The Morgan fingerprint density at radius 1 is 0.667 bits per heavy atom. The van der Waals surface area contributed by atoms with Crippen LogP contribution in [-0.2, 0) is 0 Å². The van der Waals surface area contributed by atoms with Crippen LogP contribution in [0.2, 0.25) is 0 Å². The molecule has 4 fully saturated rings. The van der Waals surface area contributed by atoms with Crippen molar-refractivity contribution >= 4 is 11.6 Å². The van der Waals surface area contributed by atoms with Gasteiger partial charge in [-0.05, 0) is 38.1 Å². The standard InChI is InChI=1S/C22H30N8/c1-17-11-25-13-28(20-8-4-6-10-24-20)16-30-18(2)12-26-14-27(19-7-3-5-9-23-19)15-29(17)21(26)22(25)30/h3-10,17-18,21-22H,11-16H2,1-2H3. The van der Waals surface area contributed by atoms with E-state index in [2.05, 4.69) is 77.5 Å². The van der Waals surface area contributed by atoms with E-state index in [1.165, 1.54) is 0 Å². The zero-order valence-corrected chi connectivity index (χ0v) is 17.7. The quantitative estimate of drug-likeness (QED) is 0.740. The van der Waals surface area contributed by atoms with Gasteiger partial charge in [0.05, 0.1) is 39.0 Å². The predicted octanol–water partition coefficient (Wildman–Crippen LogP) is 1.31. The third-order valence-electron chi connectivity index (χ3n) is 7.14. The first-order valence-electron chi connectivity index (χ1n) is 11.0. The number of nitrogens with zero attached hydrogens (tertiary/aromatic N) is 8. The van der Waals surface area contributed by atoms with Crippen molar-refractivity contribution in [1.82, 2.24) is 29.6 Å². The fourth-order valence-electron chi connectivity index (χ4n) is 5.79. The molecule has 8 heteroatoms. The van der Waals surface area contributed by atoms with Gasteiger partial charge >= 0.3 is 0 Å². The first kappa shape index (κ1) is 18.5. The van der Waals surface area contributed by atoms with Crippen LogP contribution in [0.1, 0.15) is 13.8 Å². The molecule has 0 spiro atoms. The van der Waals surface area contributed by atoms with Crippen molar-refractivity contribution in [3.63, 3.8) is 0 Å². The molecule has 2 aromatic heterocycles. The third-order valence-corrected chi connectivity index (χ3v) is 7.14. The average Bonchev–Trinajstić information content (AvgIpc) is 2.79. The Kier molecular flexibility index (Phi) is 4.42. The molecule has 6 rings (SSSR count). The van der Waals surface area contributed by atoms with Gasteiger partial charge in [-0.3, -0.25) is 19.6 Å². The van der Waals surface area contributed by atoms with Gasteiger partial charge in [0, 0.05) is 37.6 Å². The molecule has 0 N–H and O–H groups in total. The van der Waals surface area contributed by atoms with Gasteiger partial charge in [-0.2, -0.15) is 0 Å². The molecule has 0 radical (unpaired) electrons. The third kappa shape index (κ3) is 2.90. The number of rotatable bonds is 2. The summed E-state index contributed by atoms with van der Waals surface area (Å²) in [7, 11) is 0. The molecule has 4 atom stereocenters. The van der Waals surface area contributed by atoms with E-state index in [1.807, 2.05) is 24.5 Å². The number of piperazine rings is 2. The van der Waals surface area contributed by atoms with Gasteiger partial charge in [0.25, 0.3) is 0 Å². The van der Waals surface area contributed by atoms with Crippen LogP contribution in [0, 0.1) is 0 Å². The fourth-order valence-corrected chi connectivity index (χ4v) is 5.79. The molecule has 4 aliphatic heterocycles. The lowest BCUT2D eigenvalue weighted by Crippen LogP contribution is -2.84. The first-order valence-corrected chi connectivity index (χ1v) is 11.0. The number of hydrogen-bond acceptors (Lipinski definition) is 8. The summed E-state index contributed by atoms with van der Waals surface area (Å²) in [4.78, 5) is 24.8. The van der Waals surface area contributed by atoms with E-state index in [0.29, 0.717) is 24.4 Å². The molecule has 0 aromatic carbocycles. The van der Waals surface area contributed by atoms with E-state index >= 15 is 0 Å². The number of hydrogen-bond donors (Lipinski definition) is 0. The summed E-state index contributed by atoms with van der Waals surface area (Å²) in [6, 6.07) is 13.4. The van der Waals surface area contributed by atoms with Crippen molar-refractivity contribution in [1.29, 1.82) is 0 Å². The summed E-state index contributed by atoms with van der Waals surface area (Å²) in [6.45, 7) is 10.6. The Morgan fingerprint density at radius 2 is 1.13 bits per heavy atom. The summed E-state index contributed by atoms with van der Waals surface area (Å²) in [5.74, 6) is 2.15. The van der Waals surface area contributed by atoms with E-state index in [9.17, 15) is 0 Å². The zero-order valence-electron chi connectivity index (χ0n) is 17.7. The minimum absolute atomic E-state index is 0.427. The monoisotopic (exact) mass is 406 g/mol. The second kappa shape index (κ2) is 7.16. The molecule has 0 aliphatic carbocycles. The first-order chi connectivity index (χ1) is 14.7. The van der Waals surface area contributed by atoms with E-state index in [4.69, 9.17) is 0 Å². The molecule has 2 aromatic rings. The summed E-state index contributed by atoms with van der Waals surface area (Å²) in [5.41, 5.74) is 0. The van der Waals surface area contributed by atoms with Gasteiger partial charge in [-0.15, -0.1) is 0 Å². The lowest BCUT2D eigenvalue weighted by Gasteiger charge is -2.67. The maximum Gasteiger partial charge on any atom is 0.130 e. The van der Waals surface area contributed by atoms with Crippen molar-refractivity contribution in [3.05, 3.63) is 48.8 Å². The maximum absolute atomic E-state index is 4.63. The van der Waals surface area contributed by atoms with Gasteiger partial charge in [0.2, 0.25) is 0 Å². The smallest absolute Gasteiger partial charge is 0.130 e. The van der Waals surface area contributed by atoms with Crippen molar-refractivity contribution in [2.75, 3.05) is 49.6 Å². The Hall–Kier alpha value is -2.26. The largest absolute Gasteiger partial charge is 0.331 e. The normalized spacial score (nSPS) is 32.9. The Labute approximate surface area is 178 Å². The van der Waals surface area contributed by atoms with Crippen LogP contribution in [0.3, 0.4) is 0 Å². The van der Waals surface area contributed by atoms with Gasteiger partial charge in [-0.1, -0.05) is 12.1 Å². The topological polar surface area (TPSA) is 45.2 Å². The molecule has 4 aliphatic rings. The van der Waals surface area contributed by atoms with Gasteiger partial charge in [0.1, 0.15) is 11.6 Å². The van der Waals surface area contributed by atoms with E-state index in [1.54, 1.807) is 0 Å². The summed E-state index contributed by atoms with van der Waals surface area (Å²) in [5, 5.41) is 0. The maximum atomic E-state index is 4.63. The zero-order chi connectivity index (χ0) is 20.2. The van der Waals surface area contributed by atoms with Crippen molar-refractivity contribution in [3.8, 4) is 0 Å². The molecule has 0 bridgehead atoms. The van der Waals surface area contributed by atoms with E-state index in [-0.39, 0.29) is 0 Å². The average molecular weight is 407 g/mol. The van der Waals surface area contributed by atoms with Gasteiger partial charge < -0.3 is 9.80 Å². The number of aromatic nitrogens is 2. The van der Waals surface area contributed by atoms with Crippen LogP contribution in [-0.4, -0.2) is 93.7 Å². The fraction of sp³-hybridized carbons (Fsp3) is 0.545. The Morgan fingerprint density at radius 3 is 1.53 bits per heavy atom. The minimum Gasteiger partial charge on any atom is -0.331 e. The number of pyridine rings is 2. The Balaban J connectivity index is 1.31. The highest BCUT2D eigenvalue weighted by Crippen LogP contribution is 2.38. The Bertz CT molecular complexity index is 806. The molecule has 6 heterocycles. The SMILES string of the molecule is CC1CN2CN(c3ccccn3)CN3C(C)CN4CN(c5ccccn5)CN1C4C23. The van der Waals surface area contributed by atoms with Crippen LogP contribution in [0.15, 0.2) is 48.8 Å². The molecule has 30 heavy (non-hydrogen) atoms. The van der Waals surface area contributed by atoms with Crippen LogP contribution in [0.5, 0.6) is 0 Å². The minimum atomic E-state index is 0.427. The van der Waals surface area contributed by atoms with Crippen LogP contribution in [0.25, 0.3) is 0 Å². The highest BCUT2D eigenvalue weighted by molar-refractivity contribution is 5.40. The van der Waals surface area contributed by atoms with Gasteiger partial charge in [0.15, 0.2) is 0 Å². The second-order valence-electron chi connectivity index (χ2n) is 9.12. The summed E-state index contributed by atoms with van der Waals surface area (Å²) >= 11 is 0. The van der Waals surface area contributed by atoms with Crippen LogP contribution >= 0.6 is 0 Å². The second-order valence-corrected chi connectivity index (χ2v) is 9.12. The van der Waals surface area contributed by atoms with Crippen LogP contribution in [0.4, 0.5) is 11.6 Å². The van der Waals surface area contributed by atoms with Crippen molar-refractivity contribution in [2.24, 2.45) is 0 Å². The summed E-state index contributed by atoms with van der Waals surface area (Å²) < 4.78 is 0. The number of anilines is 2. The van der Waals surface area contributed by atoms with Crippen molar-refractivity contribution in [2.45, 2.75) is 38.3 Å².